The number of halogens is 1. The van der Waals surface area contributed by atoms with Crippen molar-refractivity contribution in [3.63, 3.8) is 0 Å². The Morgan fingerprint density at radius 1 is 1.16 bits per heavy atom. The summed E-state index contributed by atoms with van der Waals surface area (Å²) < 4.78 is 11.0. The smallest absolute Gasteiger partial charge is 0.336 e. The number of likely N-dealkylation sites (tertiary alicyclic amines) is 1. The van der Waals surface area contributed by atoms with Gasteiger partial charge in [-0.1, -0.05) is 54.1 Å². The summed E-state index contributed by atoms with van der Waals surface area (Å²) in [6.07, 6.45) is 1.21. The summed E-state index contributed by atoms with van der Waals surface area (Å²) in [5.41, 5.74) is 2.07. The minimum absolute atomic E-state index is 0.143. The van der Waals surface area contributed by atoms with Crippen LogP contribution in [0.2, 0.25) is 5.02 Å². The van der Waals surface area contributed by atoms with Gasteiger partial charge in [0.2, 0.25) is 0 Å². The van der Waals surface area contributed by atoms with E-state index in [1.54, 1.807) is 19.9 Å². The molecule has 1 fully saturated rings. The monoisotopic (exact) mass is 539 g/mol. The standard InChI is InChI=1S/C28H30ClN3O6/c1-17-23(27(33)37-3)25(21-12-7-13-22(26(21)29)32(35)36)24(18(2)30-17)28(34)38-20-11-8-14-31(16-20)15-19-9-5-4-6-10-19/h4-7,9-10,12-13,20,23,25H,8,11,14-16H2,1-3H3. The highest BCUT2D eigenvalue weighted by Gasteiger charge is 2.44. The third-order valence-corrected chi connectivity index (χ3v) is 7.44. The number of aliphatic imine (C=N–C) groups is 1. The van der Waals surface area contributed by atoms with Crippen LogP contribution in [0.5, 0.6) is 0 Å². The second-order valence-corrected chi connectivity index (χ2v) is 9.94. The molecule has 0 radical (unpaired) electrons. The Hall–Kier alpha value is -3.56. The van der Waals surface area contributed by atoms with E-state index in [1.165, 1.54) is 24.8 Å². The highest BCUT2D eigenvalue weighted by atomic mass is 35.5. The van der Waals surface area contributed by atoms with Crippen molar-refractivity contribution in [2.24, 2.45) is 10.9 Å². The largest absolute Gasteiger partial charge is 0.468 e. The van der Waals surface area contributed by atoms with E-state index < -0.39 is 28.7 Å². The zero-order chi connectivity index (χ0) is 27.4. The number of nitro groups is 1. The average molecular weight is 540 g/mol. The number of carbonyl (C=O) groups is 2. The van der Waals surface area contributed by atoms with Crippen LogP contribution in [0.4, 0.5) is 5.69 Å². The highest BCUT2D eigenvalue weighted by molar-refractivity contribution is 6.33. The molecule has 0 aromatic heterocycles. The molecule has 3 unspecified atom stereocenters. The number of rotatable bonds is 7. The zero-order valence-electron chi connectivity index (χ0n) is 21.6. The van der Waals surface area contributed by atoms with Gasteiger partial charge in [-0.15, -0.1) is 0 Å². The van der Waals surface area contributed by atoms with Gasteiger partial charge < -0.3 is 9.47 Å². The van der Waals surface area contributed by atoms with Crippen LogP contribution in [0, 0.1) is 16.0 Å². The van der Waals surface area contributed by atoms with E-state index in [4.69, 9.17) is 21.1 Å². The predicted octanol–water partition coefficient (Wildman–Crippen LogP) is 5.08. The van der Waals surface area contributed by atoms with Crippen molar-refractivity contribution in [2.75, 3.05) is 20.2 Å². The molecular weight excluding hydrogens is 510 g/mol. The van der Waals surface area contributed by atoms with Crippen LogP contribution in [0.15, 0.2) is 64.8 Å². The molecule has 0 bridgehead atoms. The third-order valence-electron chi connectivity index (χ3n) is 7.03. The Morgan fingerprint density at radius 2 is 1.89 bits per heavy atom. The molecular formula is C28H30ClN3O6. The maximum Gasteiger partial charge on any atom is 0.336 e. The number of piperidine rings is 1. The summed E-state index contributed by atoms with van der Waals surface area (Å²) in [4.78, 5) is 44.3. The van der Waals surface area contributed by atoms with E-state index in [-0.39, 0.29) is 28.0 Å². The molecule has 0 amide bonds. The number of nitrogens with zero attached hydrogens (tertiary/aromatic N) is 3. The molecule has 2 aromatic rings. The molecule has 0 saturated carbocycles. The normalized spacial score (nSPS) is 22.0. The quantitative estimate of drug-likeness (QED) is 0.274. The summed E-state index contributed by atoms with van der Waals surface area (Å²) in [6, 6.07) is 14.4. The predicted molar refractivity (Wildman–Crippen MR) is 143 cm³/mol. The summed E-state index contributed by atoms with van der Waals surface area (Å²) in [6.45, 7) is 5.53. The zero-order valence-corrected chi connectivity index (χ0v) is 22.3. The third kappa shape index (κ3) is 5.79. The molecule has 0 aliphatic carbocycles. The number of carbonyl (C=O) groups excluding carboxylic acids is 2. The highest BCUT2D eigenvalue weighted by Crippen LogP contribution is 2.44. The van der Waals surface area contributed by atoms with Gasteiger partial charge in [-0.3, -0.25) is 24.8 Å². The van der Waals surface area contributed by atoms with Gasteiger partial charge in [-0.2, -0.15) is 0 Å². The second kappa shape index (κ2) is 11.9. The molecule has 0 spiro atoms. The number of hydrogen-bond acceptors (Lipinski definition) is 8. The van der Waals surface area contributed by atoms with Crippen LogP contribution < -0.4 is 0 Å². The van der Waals surface area contributed by atoms with E-state index in [2.05, 4.69) is 22.0 Å². The van der Waals surface area contributed by atoms with Gasteiger partial charge in [0.25, 0.3) is 5.69 Å². The van der Waals surface area contributed by atoms with Crippen molar-refractivity contribution in [2.45, 2.75) is 45.3 Å². The van der Waals surface area contributed by atoms with Crippen LogP contribution in [0.25, 0.3) is 0 Å². The number of esters is 2. The minimum Gasteiger partial charge on any atom is -0.468 e. The van der Waals surface area contributed by atoms with Crippen molar-refractivity contribution < 1.29 is 24.0 Å². The van der Waals surface area contributed by atoms with E-state index in [0.29, 0.717) is 24.4 Å². The molecule has 3 atom stereocenters. The number of allylic oxidation sites excluding steroid dienone is 1. The summed E-state index contributed by atoms with van der Waals surface area (Å²) in [7, 11) is 1.24. The maximum absolute atomic E-state index is 13.7. The minimum atomic E-state index is -0.994. The molecule has 2 aromatic carbocycles. The molecule has 9 nitrogen and oxygen atoms in total. The SMILES string of the molecule is COC(=O)C1C(C)=NC(C)=C(C(=O)OC2CCCN(Cc3ccccc3)C2)C1c1cccc([N+](=O)[O-])c1Cl. The van der Waals surface area contributed by atoms with Gasteiger partial charge in [-0.25, -0.2) is 4.79 Å². The first-order valence-electron chi connectivity index (χ1n) is 12.4. The van der Waals surface area contributed by atoms with Gasteiger partial charge in [0, 0.05) is 36.5 Å². The van der Waals surface area contributed by atoms with E-state index in [9.17, 15) is 19.7 Å². The maximum atomic E-state index is 13.7. The average Bonchev–Trinajstić information content (AvgIpc) is 2.88. The van der Waals surface area contributed by atoms with E-state index in [1.807, 2.05) is 18.2 Å². The van der Waals surface area contributed by atoms with Crippen LogP contribution in [-0.4, -0.2) is 53.8 Å². The molecule has 200 valence electrons. The summed E-state index contributed by atoms with van der Waals surface area (Å²) in [5, 5.41) is 11.5. The lowest BCUT2D eigenvalue weighted by molar-refractivity contribution is -0.384. The van der Waals surface area contributed by atoms with Crippen LogP contribution in [0.3, 0.4) is 0 Å². The fourth-order valence-corrected chi connectivity index (χ4v) is 5.61. The van der Waals surface area contributed by atoms with Crippen molar-refractivity contribution in [1.29, 1.82) is 0 Å². The molecule has 10 heteroatoms. The molecule has 2 aliphatic rings. The van der Waals surface area contributed by atoms with E-state index >= 15 is 0 Å². The molecule has 4 rings (SSSR count). The molecule has 1 saturated heterocycles. The molecule has 2 aliphatic heterocycles. The Kier molecular flexibility index (Phi) is 8.58. The summed E-state index contributed by atoms with van der Waals surface area (Å²) >= 11 is 6.49. The lowest BCUT2D eigenvalue weighted by Gasteiger charge is -2.35. The number of benzene rings is 2. The topological polar surface area (TPSA) is 111 Å². The number of methoxy groups -OCH3 is 1. The molecule has 0 N–H and O–H groups in total. The fraction of sp³-hybridized carbons (Fsp3) is 0.393. The Morgan fingerprint density at radius 3 is 2.58 bits per heavy atom. The van der Waals surface area contributed by atoms with Gasteiger partial charge in [-0.05, 0) is 44.4 Å². The lowest BCUT2D eigenvalue weighted by atomic mass is 9.75. The first-order valence-corrected chi connectivity index (χ1v) is 12.8. The van der Waals surface area contributed by atoms with Crippen LogP contribution in [-0.2, 0) is 25.6 Å². The van der Waals surface area contributed by atoms with Crippen molar-refractivity contribution in [3.05, 3.63) is 86.1 Å². The first-order chi connectivity index (χ1) is 18.2. The van der Waals surface area contributed by atoms with Gasteiger partial charge in [0.05, 0.1) is 17.6 Å². The van der Waals surface area contributed by atoms with Crippen molar-refractivity contribution >= 4 is 34.9 Å². The second-order valence-electron chi connectivity index (χ2n) is 9.56. The van der Waals surface area contributed by atoms with Crippen LogP contribution >= 0.6 is 11.6 Å². The Balaban J connectivity index is 1.65. The Bertz CT molecular complexity index is 1290. The van der Waals surface area contributed by atoms with Gasteiger partial charge >= 0.3 is 11.9 Å². The van der Waals surface area contributed by atoms with Gasteiger partial charge in [0.15, 0.2) is 0 Å². The molecule has 2 heterocycles. The fourth-order valence-electron chi connectivity index (χ4n) is 5.30. The lowest BCUT2D eigenvalue weighted by Crippen LogP contribution is -2.41. The first kappa shape index (κ1) is 27.5. The number of hydrogen-bond donors (Lipinski definition) is 0. The molecule has 38 heavy (non-hydrogen) atoms. The van der Waals surface area contributed by atoms with Crippen molar-refractivity contribution in [1.82, 2.24) is 4.90 Å². The summed E-state index contributed by atoms with van der Waals surface area (Å²) in [5.74, 6) is -3.19. The van der Waals surface area contributed by atoms with Crippen LogP contribution in [0.1, 0.15) is 43.7 Å². The number of nitro benzene ring substituents is 1. The number of ether oxygens (including phenoxy) is 2. The Labute approximate surface area is 226 Å². The van der Waals surface area contributed by atoms with Gasteiger partial charge in [0.1, 0.15) is 17.0 Å². The van der Waals surface area contributed by atoms with E-state index in [0.717, 1.165) is 19.5 Å². The van der Waals surface area contributed by atoms with Crippen molar-refractivity contribution in [3.8, 4) is 0 Å².